The van der Waals surface area contributed by atoms with Gasteiger partial charge in [-0.05, 0) is 29.8 Å². The lowest BCUT2D eigenvalue weighted by molar-refractivity contribution is 0.628. The van der Waals surface area contributed by atoms with Gasteiger partial charge in [0.25, 0.3) is 0 Å². The van der Waals surface area contributed by atoms with E-state index < -0.39 is 11.5 Å². The number of hydrogen-bond donors (Lipinski definition) is 1. The van der Waals surface area contributed by atoms with Crippen molar-refractivity contribution in [2.75, 3.05) is 0 Å². The molecule has 0 aliphatic carbocycles. The Kier molecular flexibility index (Phi) is 2.51. The molecule has 0 fully saturated rings. The van der Waals surface area contributed by atoms with E-state index in [1.807, 2.05) is 0 Å². The van der Waals surface area contributed by atoms with Gasteiger partial charge in [0.15, 0.2) is 0 Å². The molecule has 2 aromatic rings. The van der Waals surface area contributed by atoms with Crippen LogP contribution in [0.2, 0.25) is 5.02 Å². The number of halogens is 2. The van der Waals surface area contributed by atoms with Crippen LogP contribution in [0.5, 0.6) is 0 Å². The Balaban J connectivity index is 2.55. The standard InChI is InChI=1S/C10H6ClFN2O/c11-7-5-6(1-2-8(7)12)9-3-4-13-10(15)14-9/h1-5H,(H,13,14,15). The average Bonchev–Trinajstić information content (AvgIpc) is 2.22. The highest BCUT2D eigenvalue weighted by molar-refractivity contribution is 6.31. The maximum atomic E-state index is 12.9. The molecule has 3 nitrogen and oxygen atoms in total. The third-order valence-electron chi connectivity index (χ3n) is 1.91. The summed E-state index contributed by atoms with van der Waals surface area (Å²) < 4.78 is 12.9. The van der Waals surface area contributed by atoms with Gasteiger partial charge in [0.05, 0.1) is 10.7 Å². The van der Waals surface area contributed by atoms with Crippen LogP contribution < -0.4 is 5.69 Å². The first-order valence-electron chi connectivity index (χ1n) is 4.17. The van der Waals surface area contributed by atoms with Crippen LogP contribution in [0.25, 0.3) is 11.3 Å². The fraction of sp³-hybridized carbons (Fsp3) is 0. The number of nitrogens with one attached hydrogen (secondary N) is 1. The van der Waals surface area contributed by atoms with Crippen molar-refractivity contribution in [3.8, 4) is 11.3 Å². The Morgan fingerprint density at radius 1 is 1.33 bits per heavy atom. The minimum atomic E-state index is -0.489. The van der Waals surface area contributed by atoms with Gasteiger partial charge in [-0.2, -0.15) is 0 Å². The van der Waals surface area contributed by atoms with E-state index >= 15 is 0 Å². The third kappa shape index (κ3) is 2.05. The second-order valence-electron chi connectivity index (χ2n) is 2.92. The summed E-state index contributed by atoms with van der Waals surface area (Å²) in [6.07, 6.45) is 1.38. The van der Waals surface area contributed by atoms with Gasteiger partial charge in [-0.3, -0.25) is 0 Å². The first-order chi connectivity index (χ1) is 7.16. The van der Waals surface area contributed by atoms with Crippen LogP contribution in [0.15, 0.2) is 35.3 Å². The molecule has 0 unspecified atom stereocenters. The SMILES string of the molecule is O=c1nccc(-c2ccc(F)c(Cl)c2)[nH]1. The summed E-state index contributed by atoms with van der Waals surface area (Å²) in [7, 11) is 0. The Bertz CT molecular complexity index is 553. The molecule has 0 amide bonds. The Labute approximate surface area is 89.6 Å². The van der Waals surface area contributed by atoms with Crippen molar-refractivity contribution in [3.63, 3.8) is 0 Å². The molecule has 0 aliphatic rings. The number of hydrogen-bond acceptors (Lipinski definition) is 2. The van der Waals surface area contributed by atoms with Crippen LogP contribution in [-0.2, 0) is 0 Å². The first-order valence-corrected chi connectivity index (χ1v) is 4.55. The molecule has 0 saturated carbocycles. The number of nitrogens with zero attached hydrogens (tertiary/aromatic N) is 1. The van der Waals surface area contributed by atoms with Crippen LogP contribution in [0, 0.1) is 5.82 Å². The minimum absolute atomic E-state index is 0.0187. The minimum Gasteiger partial charge on any atom is -0.305 e. The van der Waals surface area contributed by atoms with Crippen molar-refractivity contribution in [2.24, 2.45) is 0 Å². The Morgan fingerprint density at radius 3 is 2.80 bits per heavy atom. The summed E-state index contributed by atoms with van der Waals surface area (Å²) in [5.74, 6) is -0.489. The second-order valence-corrected chi connectivity index (χ2v) is 3.32. The van der Waals surface area contributed by atoms with Crippen molar-refractivity contribution >= 4 is 11.6 Å². The summed E-state index contributed by atoms with van der Waals surface area (Å²) in [6, 6.07) is 5.84. The van der Waals surface area contributed by atoms with E-state index in [-0.39, 0.29) is 5.02 Å². The number of aromatic amines is 1. The number of H-pyrrole nitrogens is 1. The van der Waals surface area contributed by atoms with Gasteiger partial charge in [-0.1, -0.05) is 11.6 Å². The third-order valence-corrected chi connectivity index (χ3v) is 2.19. The fourth-order valence-corrected chi connectivity index (χ4v) is 1.38. The summed E-state index contributed by atoms with van der Waals surface area (Å²) in [5.41, 5.74) is 0.741. The molecule has 0 bridgehead atoms. The highest BCUT2D eigenvalue weighted by Crippen LogP contribution is 2.22. The maximum Gasteiger partial charge on any atom is 0.345 e. The van der Waals surface area contributed by atoms with Crippen molar-refractivity contribution in [1.29, 1.82) is 0 Å². The van der Waals surface area contributed by atoms with Crippen LogP contribution in [0.4, 0.5) is 4.39 Å². The molecule has 1 heterocycles. The normalized spacial score (nSPS) is 10.3. The predicted octanol–water partition coefficient (Wildman–Crippen LogP) is 2.23. The highest BCUT2D eigenvalue weighted by Gasteiger charge is 2.03. The largest absolute Gasteiger partial charge is 0.345 e. The molecule has 15 heavy (non-hydrogen) atoms. The smallest absolute Gasteiger partial charge is 0.305 e. The van der Waals surface area contributed by atoms with Crippen LogP contribution in [0.3, 0.4) is 0 Å². The van der Waals surface area contributed by atoms with Crippen molar-refractivity contribution in [2.45, 2.75) is 0 Å². The molecular formula is C10H6ClFN2O. The average molecular weight is 225 g/mol. The van der Waals surface area contributed by atoms with Crippen LogP contribution in [-0.4, -0.2) is 9.97 Å². The molecule has 76 valence electrons. The monoisotopic (exact) mass is 224 g/mol. The van der Waals surface area contributed by atoms with Crippen molar-refractivity contribution < 1.29 is 4.39 Å². The molecule has 2 rings (SSSR count). The Hall–Kier alpha value is -1.68. The zero-order valence-corrected chi connectivity index (χ0v) is 8.25. The number of rotatable bonds is 1. The fourth-order valence-electron chi connectivity index (χ4n) is 1.20. The van der Waals surface area contributed by atoms with Gasteiger partial charge in [0.2, 0.25) is 0 Å². The zero-order chi connectivity index (χ0) is 10.8. The van der Waals surface area contributed by atoms with Crippen molar-refractivity contribution in [3.05, 3.63) is 51.8 Å². The molecule has 1 aromatic heterocycles. The number of aromatic nitrogens is 2. The van der Waals surface area contributed by atoms with E-state index in [4.69, 9.17) is 11.6 Å². The van der Waals surface area contributed by atoms with E-state index in [1.54, 1.807) is 6.07 Å². The maximum absolute atomic E-state index is 12.9. The second kappa shape index (κ2) is 3.82. The first kappa shape index (κ1) is 9.86. The molecule has 0 aliphatic heterocycles. The van der Waals surface area contributed by atoms with Gasteiger partial charge in [0.1, 0.15) is 5.82 Å². The predicted molar refractivity (Wildman–Crippen MR) is 55.3 cm³/mol. The molecule has 0 radical (unpaired) electrons. The lowest BCUT2D eigenvalue weighted by Crippen LogP contribution is -2.09. The van der Waals surface area contributed by atoms with E-state index in [9.17, 15) is 9.18 Å². The van der Waals surface area contributed by atoms with Gasteiger partial charge in [-0.15, -0.1) is 0 Å². The molecule has 5 heteroatoms. The van der Waals surface area contributed by atoms with E-state index in [1.165, 1.54) is 24.4 Å². The summed E-state index contributed by atoms with van der Waals surface area (Å²) >= 11 is 5.62. The van der Waals surface area contributed by atoms with E-state index in [2.05, 4.69) is 9.97 Å². The molecule has 1 aromatic carbocycles. The summed E-state index contributed by atoms with van der Waals surface area (Å²) in [4.78, 5) is 17.0. The lowest BCUT2D eigenvalue weighted by Gasteiger charge is -2.01. The molecule has 1 N–H and O–H groups in total. The van der Waals surface area contributed by atoms with E-state index in [0.717, 1.165) is 0 Å². The summed E-state index contributed by atoms with van der Waals surface area (Å²) in [5, 5.41) is 0.0187. The topological polar surface area (TPSA) is 45.8 Å². The van der Waals surface area contributed by atoms with Crippen molar-refractivity contribution in [1.82, 2.24) is 9.97 Å². The molecular weight excluding hydrogens is 219 g/mol. The van der Waals surface area contributed by atoms with Gasteiger partial charge in [-0.25, -0.2) is 14.2 Å². The molecule has 0 spiro atoms. The molecule has 0 saturated heterocycles. The van der Waals surface area contributed by atoms with Gasteiger partial charge < -0.3 is 4.98 Å². The lowest BCUT2D eigenvalue weighted by atomic mass is 10.1. The summed E-state index contributed by atoms with van der Waals surface area (Å²) in [6.45, 7) is 0. The van der Waals surface area contributed by atoms with Gasteiger partial charge in [0, 0.05) is 6.20 Å². The van der Waals surface area contributed by atoms with Crippen LogP contribution in [0.1, 0.15) is 0 Å². The van der Waals surface area contributed by atoms with Gasteiger partial charge >= 0.3 is 5.69 Å². The van der Waals surface area contributed by atoms with E-state index in [0.29, 0.717) is 11.3 Å². The molecule has 0 atom stereocenters. The Morgan fingerprint density at radius 2 is 2.13 bits per heavy atom. The quantitative estimate of drug-likeness (QED) is 0.808. The number of benzene rings is 1. The van der Waals surface area contributed by atoms with Crippen LogP contribution >= 0.6 is 11.6 Å². The highest BCUT2D eigenvalue weighted by atomic mass is 35.5. The zero-order valence-electron chi connectivity index (χ0n) is 7.50.